The van der Waals surface area contributed by atoms with Gasteiger partial charge in [-0.2, -0.15) is 0 Å². The molecule has 8 aromatic rings. The second-order valence-corrected chi connectivity index (χ2v) is 12.8. The average molecular weight is 654 g/mol. The second kappa shape index (κ2) is 12.2. The van der Waals surface area contributed by atoms with Crippen LogP contribution in [-0.2, 0) is 0 Å². The molecule has 0 amide bonds. The number of hydrogen-bond acceptors (Lipinski definition) is 4. The number of hydrogen-bond donors (Lipinski definition) is 1. The molecule has 8 aromatic carbocycles. The molecule has 0 saturated heterocycles. The fraction of sp³-hybridized carbons (Fsp3) is 0.0909. The molecule has 2 aliphatic rings. The molecule has 2 aliphatic heterocycles. The Balaban J connectivity index is 0.000000632. The van der Waals surface area contributed by atoms with Crippen molar-refractivity contribution in [1.29, 1.82) is 0 Å². The van der Waals surface area contributed by atoms with Crippen LogP contribution in [-0.4, -0.2) is 20.0 Å². The van der Waals surface area contributed by atoms with Gasteiger partial charge in [-0.15, -0.1) is 0 Å². The minimum Gasteiger partial charge on any atom is -0.611 e. The Morgan fingerprint density at radius 2 is 0.620 bits per heavy atom. The van der Waals surface area contributed by atoms with Gasteiger partial charge in [-0.05, 0) is 81.2 Å². The van der Waals surface area contributed by atoms with E-state index in [0.717, 1.165) is 65.3 Å². The van der Waals surface area contributed by atoms with Gasteiger partial charge in [0, 0.05) is 22.3 Å². The van der Waals surface area contributed by atoms with E-state index >= 15 is 0 Å². The zero-order valence-electron chi connectivity index (χ0n) is 28.1. The highest BCUT2D eigenvalue weighted by Crippen LogP contribution is 2.53. The van der Waals surface area contributed by atoms with E-state index in [9.17, 15) is 0 Å². The first kappa shape index (κ1) is 30.1. The molecular formula is C44H36BNO4. The normalized spacial score (nSPS) is 13.6. The molecule has 50 heavy (non-hydrogen) atoms. The molecule has 0 saturated carbocycles. The van der Waals surface area contributed by atoms with E-state index in [2.05, 4.69) is 140 Å². The lowest BCUT2D eigenvalue weighted by Crippen LogP contribution is -2.82. The first-order chi connectivity index (χ1) is 24.7. The maximum absolute atomic E-state index is 6.94. The zero-order valence-corrected chi connectivity index (χ0v) is 28.1. The summed E-state index contributed by atoms with van der Waals surface area (Å²) in [7, 11) is 0. The van der Waals surface area contributed by atoms with Crippen LogP contribution in [0.3, 0.4) is 0 Å². The molecular weight excluding hydrogens is 617 g/mol. The summed E-state index contributed by atoms with van der Waals surface area (Å²) < 4.78 is 27.8. The second-order valence-electron chi connectivity index (χ2n) is 12.8. The van der Waals surface area contributed by atoms with Gasteiger partial charge >= 0.3 is 6.96 Å². The highest BCUT2D eigenvalue weighted by atomic mass is 16.9. The first-order valence-electron chi connectivity index (χ1n) is 17.4. The van der Waals surface area contributed by atoms with Crippen LogP contribution in [0.25, 0.3) is 65.3 Å². The van der Waals surface area contributed by atoms with Crippen LogP contribution in [0.5, 0.6) is 23.0 Å². The predicted molar refractivity (Wildman–Crippen MR) is 205 cm³/mol. The Bertz CT molecular complexity index is 2230. The summed E-state index contributed by atoms with van der Waals surface area (Å²) in [5.41, 5.74) is 3.81. The van der Waals surface area contributed by atoms with Crippen LogP contribution in [0.15, 0.2) is 146 Å². The summed E-state index contributed by atoms with van der Waals surface area (Å²) >= 11 is 0. The average Bonchev–Trinajstić information content (AvgIpc) is 3.39. The molecule has 2 heterocycles. The largest absolute Gasteiger partial charge is 0.777 e. The van der Waals surface area contributed by atoms with Gasteiger partial charge in [0.05, 0.1) is 36.1 Å². The fourth-order valence-electron chi connectivity index (χ4n) is 7.49. The summed E-state index contributed by atoms with van der Waals surface area (Å²) in [5.74, 6) is 2.54. The molecule has 6 heteroatoms. The molecule has 0 unspecified atom stereocenters. The van der Waals surface area contributed by atoms with Crippen molar-refractivity contribution in [3.8, 4) is 45.3 Å². The van der Waals surface area contributed by atoms with Crippen molar-refractivity contribution in [1.82, 2.24) is 0 Å². The van der Waals surface area contributed by atoms with Crippen molar-refractivity contribution >= 4 is 50.0 Å². The van der Waals surface area contributed by atoms with Crippen molar-refractivity contribution in [3.63, 3.8) is 0 Å². The molecule has 0 fully saturated rings. The van der Waals surface area contributed by atoms with Gasteiger partial charge in [0.15, 0.2) is 0 Å². The van der Waals surface area contributed by atoms with Gasteiger partial charge in [0.2, 0.25) is 0 Å². The Morgan fingerprint density at radius 3 is 0.860 bits per heavy atom. The Labute approximate surface area is 291 Å². The van der Waals surface area contributed by atoms with Gasteiger partial charge in [-0.1, -0.05) is 121 Å². The van der Waals surface area contributed by atoms with E-state index in [1.54, 1.807) is 0 Å². The molecule has 0 aromatic heterocycles. The van der Waals surface area contributed by atoms with Crippen LogP contribution in [0.2, 0.25) is 0 Å². The zero-order chi connectivity index (χ0) is 33.7. The first-order valence-corrected chi connectivity index (χ1v) is 17.4. The Hall–Kier alpha value is -5.98. The molecule has 0 aliphatic carbocycles. The van der Waals surface area contributed by atoms with E-state index in [-0.39, 0.29) is 0 Å². The summed E-state index contributed by atoms with van der Waals surface area (Å²) in [6, 6.07) is 49.8. The number of fused-ring (bicyclic) bond motifs is 14. The van der Waals surface area contributed by atoms with Crippen LogP contribution >= 0.6 is 0 Å². The molecule has 1 spiro atoms. The van der Waals surface area contributed by atoms with Crippen molar-refractivity contribution in [2.75, 3.05) is 13.1 Å². The van der Waals surface area contributed by atoms with Gasteiger partial charge in [-0.25, -0.2) is 0 Å². The highest BCUT2D eigenvalue weighted by molar-refractivity contribution is 6.58. The van der Waals surface area contributed by atoms with E-state index in [0.29, 0.717) is 23.0 Å². The summed E-state index contributed by atoms with van der Waals surface area (Å²) in [6.45, 7) is 3.86. The van der Waals surface area contributed by atoms with E-state index in [4.69, 9.17) is 18.6 Å². The lowest BCUT2D eigenvalue weighted by molar-refractivity contribution is -0.648. The maximum Gasteiger partial charge on any atom is 0.777 e. The van der Waals surface area contributed by atoms with Crippen molar-refractivity contribution < 1.29 is 23.9 Å². The van der Waals surface area contributed by atoms with Crippen LogP contribution < -0.4 is 23.9 Å². The minimum absolute atomic E-state index is 0.635. The number of rotatable bonds is 2. The lowest BCUT2D eigenvalue weighted by Gasteiger charge is -2.39. The fourth-order valence-corrected chi connectivity index (χ4v) is 7.49. The van der Waals surface area contributed by atoms with Crippen molar-refractivity contribution in [2.24, 2.45) is 0 Å². The van der Waals surface area contributed by atoms with Crippen molar-refractivity contribution in [2.45, 2.75) is 13.8 Å². The smallest absolute Gasteiger partial charge is 0.611 e. The minimum atomic E-state index is -2.89. The van der Waals surface area contributed by atoms with Crippen LogP contribution in [0.4, 0.5) is 0 Å². The van der Waals surface area contributed by atoms with E-state index < -0.39 is 6.96 Å². The molecule has 0 atom stereocenters. The van der Waals surface area contributed by atoms with Crippen molar-refractivity contribution in [3.05, 3.63) is 146 Å². The summed E-state index contributed by atoms with van der Waals surface area (Å²) in [4.78, 5) is 0. The van der Waals surface area contributed by atoms with Crippen LogP contribution in [0.1, 0.15) is 13.8 Å². The topological polar surface area (TPSA) is 53.5 Å². The van der Waals surface area contributed by atoms with Crippen LogP contribution in [0, 0.1) is 0 Å². The predicted octanol–water partition coefficient (Wildman–Crippen LogP) is 9.90. The van der Waals surface area contributed by atoms with Gasteiger partial charge in [0.1, 0.15) is 0 Å². The molecule has 2 N–H and O–H groups in total. The SMILES string of the molecule is CC[NH2+]CC.c1ccc2c3c(ccc2c1)O[B-]1(Oc2ccc4ccccc4c2-3)Oc2ccc3ccccc3c2-c2c(ccc3ccccc23)O1. The summed E-state index contributed by atoms with van der Waals surface area (Å²) in [6.07, 6.45) is 0. The van der Waals surface area contributed by atoms with E-state index in [1.807, 2.05) is 24.3 Å². The molecule has 0 bridgehead atoms. The monoisotopic (exact) mass is 653 g/mol. The van der Waals surface area contributed by atoms with E-state index in [1.165, 1.54) is 13.1 Å². The number of nitrogens with two attached hydrogens (primary N) is 1. The quantitative estimate of drug-likeness (QED) is 0.189. The highest BCUT2D eigenvalue weighted by Gasteiger charge is 2.48. The van der Waals surface area contributed by atoms with Gasteiger partial charge in [0.25, 0.3) is 0 Å². The molecule has 244 valence electrons. The third kappa shape index (κ3) is 4.91. The Kier molecular flexibility index (Phi) is 7.33. The van der Waals surface area contributed by atoms with Gasteiger partial charge < -0.3 is 23.9 Å². The number of benzene rings is 8. The van der Waals surface area contributed by atoms with Gasteiger partial charge in [-0.3, -0.25) is 0 Å². The molecule has 10 rings (SSSR count). The standard InChI is InChI=1S/C40H24BO4.C4H11N/c1-5-13-29-25(9-1)17-21-33-37(29)38-30-14-6-2-10-26(30)18-22-34(38)43-41(42-33)44-35-23-19-27-11-3-7-15-31(27)39(35)40-32-16-8-4-12-28(32)20-24-36(40)45-41;1-3-5-4-2/h1-24H;5H,3-4H2,1-2H3/q-1;/p+1. The third-order valence-electron chi connectivity index (χ3n) is 9.73. The third-order valence-corrected chi connectivity index (χ3v) is 9.73. The number of quaternary nitrogens is 1. The molecule has 0 radical (unpaired) electrons. The summed E-state index contributed by atoms with van der Waals surface area (Å²) in [5, 5.41) is 10.9. The molecule has 5 nitrogen and oxygen atoms in total. The Morgan fingerprint density at radius 1 is 0.360 bits per heavy atom. The lowest BCUT2D eigenvalue weighted by atomic mass is 9.92. The maximum atomic E-state index is 6.94.